The summed E-state index contributed by atoms with van der Waals surface area (Å²) in [6, 6.07) is 4.66. The van der Waals surface area contributed by atoms with Crippen molar-refractivity contribution in [3.05, 3.63) is 29.6 Å². The second-order valence-electron chi connectivity index (χ2n) is 3.74. The zero-order valence-electron chi connectivity index (χ0n) is 7.96. The normalized spacial score (nSPS) is 18.4. The van der Waals surface area contributed by atoms with E-state index in [1.54, 1.807) is 12.1 Å². The van der Waals surface area contributed by atoms with Gasteiger partial charge in [0.1, 0.15) is 0 Å². The third-order valence-corrected chi connectivity index (χ3v) is 2.78. The van der Waals surface area contributed by atoms with Gasteiger partial charge < -0.3 is 10.4 Å². The van der Waals surface area contributed by atoms with Gasteiger partial charge in [-0.3, -0.25) is 0 Å². The van der Waals surface area contributed by atoms with Crippen LogP contribution in [0.15, 0.2) is 18.2 Å². The number of piperidine rings is 1. The van der Waals surface area contributed by atoms with E-state index in [9.17, 15) is 9.50 Å². The van der Waals surface area contributed by atoms with Crippen molar-refractivity contribution in [1.29, 1.82) is 0 Å². The molecule has 1 aromatic rings. The Kier molecular flexibility index (Phi) is 2.68. The van der Waals surface area contributed by atoms with E-state index in [0.717, 1.165) is 31.5 Å². The molecule has 0 atom stereocenters. The average molecular weight is 195 g/mol. The number of halogens is 1. The lowest BCUT2D eigenvalue weighted by atomic mass is 9.90. The van der Waals surface area contributed by atoms with Crippen LogP contribution in [0.2, 0.25) is 0 Å². The number of hydrogen-bond donors (Lipinski definition) is 2. The molecule has 1 aliphatic rings. The molecular formula is C11H14FNO. The van der Waals surface area contributed by atoms with Crippen molar-refractivity contribution in [3.8, 4) is 5.75 Å². The van der Waals surface area contributed by atoms with Crippen molar-refractivity contribution in [2.75, 3.05) is 13.1 Å². The van der Waals surface area contributed by atoms with E-state index in [1.807, 2.05) is 0 Å². The molecule has 0 unspecified atom stereocenters. The van der Waals surface area contributed by atoms with E-state index in [0.29, 0.717) is 5.92 Å². The van der Waals surface area contributed by atoms with Gasteiger partial charge in [-0.15, -0.1) is 0 Å². The van der Waals surface area contributed by atoms with Crippen LogP contribution in [0.25, 0.3) is 0 Å². The van der Waals surface area contributed by atoms with Gasteiger partial charge >= 0.3 is 0 Å². The lowest BCUT2D eigenvalue weighted by molar-refractivity contribution is 0.425. The first-order valence-corrected chi connectivity index (χ1v) is 4.96. The molecule has 14 heavy (non-hydrogen) atoms. The average Bonchev–Trinajstić information content (AvgIpc) is 2.23. The monoisotopic (exact) mass is 195 g/mol. The Balaban J connectivity index is 2.18. The number of phenols is 1. The number of benzene rings is 1. The van der Waals surface area contributed by atoms with Gasteiger partial charge in [-0.1, -0.05) is 6.07 Å². The van der Waals surface area contributed by atoms with Crippen molar-refractivity contribution < 1.29 is 9.50 Å². The van der Waals surface area contributed by atoms with Gasteiger partial charge in [0.2, 0.25) is 0 Å². The molecule has 0 saturated carbocycles. The van der Waals surface area contributed by atoms with Crippen LogP contribution >= 0.6 is 0 Å². The zero-order chi connectivity index (χ0) is 9.97. The minimum atomic E-state index is -0.539. The molecule has 1 heterocycles. The minimum absolute atomic E-state index is 0.235. The smallest absolute Gasteiger partial charge is 0.164 e. The molecule has 76 valence electrons. The fraction of sp³-hybridized carbons (Fsp3) is 0.455. The fourth-order valence-corrected chi connectivity index (χ4v) is 1.94. The molecule has 1 saturated heterocycles. The summed E-state index contributed by atoms with van der Waals surface area (Å²) in [4.78, 5) is 0. The Bertz CT molecular complexity index is 321. The van der Waals surface area contributed by atoms with Crippen LogP contribution in [0.4, 0.5) is 4.39 Å². The highest BCUT2D eigenvalue weighted by Gasteiger charge is 2.16. The molecule has 0 aromatic heterocycles. The standard InChI is InChI=1S/C11H14FNO/c12-10-2-1-9(7-11(10)14)8-3-5-13-6-4-8/h1-2,7-8,13-14H,3-6H2. The van der Waals surface area contributed by atoms with Gasteiger partial charge in [0.25, 0.3) is 0 Å². The Morgan fingerprint density at radius 3 is 2.64 bits per heavy atom. The molecule has 3 heteroatoms. The highest BCUT2D eigenvalue weighted by atomic mass is 19.1. The van der Waals surface area contributed by atoms with E-state index < -0.39 is 5.82 Å². The van der Waals surface area contributed by atoms with Gasteiger partial charge in [0.15, 0.2) is 11.6 Å². The van der Waals surface area contributed by atoms with E-state index in [4.69, 9.17) is 0 Å². The molecule has 2 nitrogen and oxygen atoms in total. The highest BCUT2D eigenvalue weighted by Crippen LogP contribution is 2.28. The summed E-state index contributed by atoms with van der Waals surface area (Å²) < 4.78 is 12.8. The van der Waals surface area contributed by atoms with Crippen molar-refractivity contribution >= 4 is 0 Å². The molecule has 1 aliphatic heterocycles. The Labute approximate surface area is 82.8 Å². The predicted octanol–water partition coefficient (Wildman–Crippen LogP) is 2.00. The quantitative estimate of drug-likeness (QED) is 0.718. The summed E-state index contributed by atoms with van der Waals surface area (Å²) in [5.41, 5.74) is 1.05. The van der Waals surface area contributed by atoms with Crippen LogP contribution in [0.5, 0.6) is 5.75 Å². The fourth-order valence-electron chi connectivity index (χ4n) is 1.94. The Morgan fingerprint density at radius 1 is 1.29 bits per heavy atom. The largest absolute Gasteiger partial charge is 0.505 e. The molecule has 2 rings (SSSR count). The highest BCUT2D eigenvalue weighted by molar-refractivity contribution is 5.31. The summed E-state index contributed by atoms with van der Waals surface area (Å²) in [5.74, 6) is -0.313. The summed E-state index contributed by atoms with van der Waals surface area (Å²) >= 11 is 0. The maximum atomic E-state index is 12.8. The summed E-state index contributed by atoms with van der Waals surface area (Å²) in [5, 5.41) is 12.5. The third-order valence-electron chi connectivity index (χ3n) is 2.78. The first-order chi connectivity index (χ1) is 6.77. The number of nitrogens with one attached hydrogen (secondary N) is 1. The molecule has 1 fully saturated rings. The van der Waals surface area contributed by atoms with Crippen molar-refractivity contribution in [1.82, 2.24) is 5.32 Å². The Morgan fingerprint density at radius 2 is 2.00 bits per heavy atom. The summed E-state index contributed by atoms with van der Waals surface area (Å²) in [6.45, 7) is 2.01. The lowest BCUT2D eigenvalue weighted by Crippen LogP contribution is -2.26. The van der Waals surface area contributed by atoms with Crippen molar-refractivity contribution in [3.63, 3.8) is 0 Å². The molecular weight excluding hydrogens is 181 g/mol. The molecule has 0 amide bonds. The van der Waals surface area contributed by atoms with Crippen LogP contribution in [-0.2, 0) is 0 Å². The van der Waals surface area contributed by atoms with Crippen LogP contribution in [0.3, 0.4) is 0 Å². The second kappa shape index (κ2) is 3.96. The van der Waals surface area contributed by atoms with Crippen LogP contribution in [0.1, 0.15) is 24.3 Å². The van der Waals surface area contributed by atoms with Gasteiger partial charge in [0.05, 0.1) is 0 Å². The minimum Gasteiger partial charge on any atom is -0.505 e. The van der Waals surface area contributed by atoms with Gasteiger partial charge in [-0.25, -0.2) is 4.39 Å². The van der Waals surface area contributed by atoms with Gasteiger partial charge in [-0.05, 0) is 49.5 Å². The molecule has 2 N–H and O–H groups in total. The number of phenolic OH excluding ortho intramolecular Hbond substituents is 1. The second-order valence-corrected chi connectivity index (χ2v) is 3.74. The van der Waals surface area contributed by atoms with E-state index in [1.165, 1.54) is 6.07 Å². The number of rotatable bonds is 1. The number of aromatic hydroxyl groups is 1. The Hall–Kier alpha value is -1.09. The van der Waals surface area contributed by atoms with Crippen molar-refractivity contribution in [2.24, 2.45) is 0 Å². The molecule has 0 bridgehead atoms. The van der Waals surface area contributed by atoms with Crippen LogP contribution in [-0.4, -0.2) is 18.2 Å². The molecule has 0 aliphatic carbocycles. The lowest BCUT2D eigenvalue weighted by Gasteiger charge is -2.22. The van der Waals surface area contributed by atoms with Crippen LogP contribution < -0.4 is 5.32 Å². The third kappa shape index (κ3) is 1.87. The first-order valence-electron chi connectivity index (χ1n) is 4.96. The summed E-state index contributed by atoms with van der Waals surface area (Å²) in [6.07, 6.45) is 2.12. The predicted molar refractivity (Wildman–Crippen MR) is 52.9 cm³/mol. The van der Waals surface area contributed by atoms with E-state index >= 15 is 0 Å². The van der Waals surface area contributed by atoms with E-state index in [2.05, 4.69) is 5.32 Å². The topological polar surface area (TPSA) is 32.3 Å². The van der Waals surface area contributed by atoms with Gasteiger partial charge in [-0.2, -0.15) is 0 Å². The molecule has 0 radical (unpaired) electrons. The van der Waals surface area contributed by atoms with E-state index in [-0.39, 0.29) is 5.75 Å². The maximum Gasteiger partial charge on any atom is 0.164 e. The first kappa shape index (κ1) is 9.46. The molecule has 1 aromatic carbocycles. The van der Waals surface area contributed by atoms with Crippen LogP contribution in [0, 0.1) is 5.82 Å². The SMILES string of the molecule is Oc1cc(C2CCNCC2)ccc1F. The zero-order valence-corrected chi connectivity index (χ0v) is 7.96. The maximum absolute atomic E-state index is 12.8. The number of hydrogen-bond acceptors (Lipinski definition) is 2. The van der Waals surface area contributed by atoms with Crippen molar-refractivity contribution in [2.45, 2.75) is 18.8 Å². The van der Waals surface area contributed by atoms with Gasteiger partial charge in [0, 0.05) is 0 Å². The summed E-state index contributed by atoms with van der Waals surface area (Å²) in [7, 11) is 0. The molecule has 0 spiro atoms.